The number of hydrogen-bond donors (Lipinski definition) is 2. The van der Waals surface area contributed by atoms with E-state index in [4.69, 9.17) is 23.2 Å². The van der Waals surface area contributed by atoms with E-state index < -0.39 is 11.8 Å². The van der Waals surface area contributed by atoms with Crippen LogP contribution in [0, 0.1) is 0 Å². The van der Waals surface area contributed by atoms with Crippen molar-refractivity contribution in [3.8, 4) is 0 Å². The Bertz CT molecular complexity index is 498. The molecule has 4 nitrogen and oxygen atoms in total. The minimum atomic E-state index is -0.441. The monoisotopic (exact) mass is 258 g/mol. The summed E-state index contributed by atoms with van der Waals surface area (Å²) in [7, 11) is 0. The predicted octanol–water partition coefficient (Wildman–Crippen LogP) is 2.20. The minimum Gasteiger partial charge on any atom is -0.344 e. The zero-order valence-electron chi connectivity index (χ0n) is 8.09. The molecule has 0 aromatic heterocycles. The first kappa shape index (κ1) is 12.7. The molecule has 84 valence electrons. The third-order valence-electron chi connectivity index (χ3n) is 1.98. The Morgan fingerprint density at radius 1 is 1.12 bits per heavy atom. The molecule has 1 aliphatic rings. The molecule has 0 bridgehead atoms. The molecular weight excluding hydrogens is 251 g/mol. The Morgan fingerprint density at radius 3 is 2.31 bits per heavy atom. The molecule has 0 unspecified atom stereocenters. The summed E-state index contributed by atoms with van der Waals surface area (Å²) in [5.74, 6) is -0.870. The lowest BCUT2D eigenvalue weighted by Crippen LogP contribution is -2.21. The van der Waals surface area contributed by atoms with Crippen LogP contribution in [0.2, 0.25) is 10.0 Å². The summed E-state index contributed by atoms with van der Waals surface area (Å²) in [4.78, 5) is 22.3. The second-order valence-electron chi connectivity index (χ2n) is 3.00. The van der Waals surface area contributed by atoms with E-state index in [1.165, 1.54) is 12.1 Å². The fourth-order valence-corrected chi connectivity index (χ4v) is 1.83. The second-order valence-corrected chi connectivity index (χ2v) is 3.84. The van der Waals surface area contributed by atoms with Crippen LogP contribution >= 0.6 is 23.2 Å². The topological polar surface area (TPSA) is 81.2 Å². The summed E-state index contributed by atoms with van der Waals surface area (Å²) in [5.41, 5.74) is 0.770. The van der Waals surface area contributed by atoms with Crippen molar-refractivity contribution < 1.29 is 9.59 Å². The highest BCUT2D eigenvalue weighted by atomic mass is 35.5. The maximum Gasteiger partial charge on any atom is 0.258 e. The zero-order valence-corrected chi connectivity index (χ0v) is 9.60. The molecule has 2 amide bonds. The van der Waals surface area contributed by atoms with Crippen LogP contribution in [0.5, 0.6) is 0 Å². The van der Waals surface area contributed by atoms with Crippen molar-refractivity contribution in [2.75, 3.05) is 0 Å². The number of carbonyl (C=O) groups excluding carboxylic acids is 2. The zero-order chi connectivity index (χ0) is 11.0. The van der Waals surface area contributed by atoms with E-state index in [-0.39, 0.29) is 11.7 Å². The summed E-state index contributed by atoms with van der Waals surface area (Å²) >= 11 is 11.6. The van der Waals surface area contributed by atoms with Gasteiger partial charge in [0, 0.05) is 16.7 Å². The van der Waals surface area contributed by atoms with Gasteiger partial charge in [-0.2, -0.15) is 0 Å². The molecule has 1 heterocycles. The maximum absolute atomic E-state index is 11.3. The van der Waals surface area contributed by atoms with Gasteiger partial charge in [0.15, 0.2) is 0 Å². The highest BCUT2D eigenvalue weighted by Gasteiger charge is 2.23. The van der Waals surface area contributed by atoms with Gasteiger partial charge < -0.3 is 6.15 Å². The van der Waals surface area contributed by atoms with Gasteiger partial charge in [0.25, 0.3) is 11.8 Å². The van der Waals surface area contributed by atoms with Crippen LogP contribution in [0.15, 0.2) is 24.3 Å². The van der Waals surface area contributed by atoms with Crippen molar-refractivity contribution in [1.29, 1.82) is 0 Å². The standard InChI is InChI=1S/C10H5Cl2NO2.H3N/c11-5-1-2-6(8(12)3-5)7-4-9(14)13-10(7)15;/h1-4H,(H,13,14,15);1H3. The summed E-state index contributed by atoms with van der Waals surface area (Å²) in [6.07, 6.45) is 1.22. The van der Waals surface area contributed by atoms with Gasteiger partial charge >= 0.3 is 0 Å². The summed E-state index contributed by atoms with van der Waals surface area (Å²) in [6.45, 7) is 0. The molecule has 6 heteroatoms. The molecule has 1 aromatic rings. The average molecular weight is 259 g/mol. The number of benzene rings is 1. The first-order valence-electron chi connectivity index (χ1n) is 4.10. The van der Waals surface area contributed by atoms with Gasteiger partial charge in [-0.1, -0.05) is 29.3 Å². The first-order chi connectivity index (χ1) is 7.08. The van der Waals surface area contributed by atoms with E-state index in [9.17, 15) is 9.59 Å². The Balaban J connectivity index is 0.00000128. The fourth-order valence-electron chi connectivity index (χ4n) is 1.32. The summed E-state index contributed by atoms with van der Waals surface area (Å²) in [6, 6.07) is 4.74. The summed E-state index contributed by atoms with van der Waals surface area (Å²) in [5, 5.41) is 2.97. The Labute approximate surface area is 102 Å². The number of nitrogens with one attached hydrogen (secondary N) is 1. The molecule has 16 heavy (non-hydrogen) atoms. The van der Waals surface area contributed by atoms with E-state index in [1.807, 2.05) is 0 Å². The fraction of sp³-hybridized carbons (Fsp3) is 0. The third kappa shape index (κ3) is 2.24. The number of rotatable bonds is 1. The molecule has 0 aliphatic carbocycles. The summed E-state index contributed by atoms with van der Waals surface area (Å²) < 4.78 is 0. The van der Waals surface area contributed by atoms with Crippen molar-refractivity contribution >= 4 is 40.6 Å². The third-order valence-corrected chi connectivity index (χ3v) is 2.53. The highest BCUT2D eigenvalue weighted by Crippen LogP contribution is 2.28. The first-order valence-corrected chi connectivity index (χ1v) is 4.86. The van der Waals surface area contributed by atoms with E-state index in [2.05, 4.69) is 5.32 Å². The molecule has 0 radical (unpaired) electrons. The number of carbonyl (C=O) groups is 2. The largest absolute Gasteiger partial charge is 0.344 e. The molecule has 1 aromatic carbocycles. The van der Waals surface area contributed by atoms with Gasteiger partial charge in [-0.25, -0.2) is 0 Å². The molecule has 4 N–H and O–H groups in total. The molecule has 0 fully saturated rings. The Hall–Kier alpha value is -1.36. The van der Waals surface area contributed by atoms with Crippen molar-refractivity contribution in [3.05, 3.63) is 39.9 Å². The van der Waals surface area contributed by atoms with Gasteiger partial charge in [-0.3, -0.25) is 14.9 Å². The van der Waals surface area contributed by atoms with Crippen molar-refractivity contribution in [3.63, 3.8) is 0 Å². The maximum atomic E-state index is 11.3. The van der Waals surface area contributed by atoms with Gasteiger partial charge in [-0.15, -0.1) is 0 Å². The number of hydrogen-bond acceptors (Lipinski definition) is 3. The van der Waals surface area contributed by atoms with Gasteiger partial charge in [0.2, 0.25) is 0 Å². The average Bonchev–Trinajstić information content (AvgIpc) is 2.45. The van der Waals surface area contributed by atoms with Gasteiger partial charge in [0.1, 0.15) is 0 Å². The van der Waals surface area contributed by atoms with E-state index >= 15 is 0 Å². The van der Waals surface area contributed by atoms with Crippen molar-refractivity contribution in [1.82, 2.24) is 11.5 Å². The van der Waals surface area contributed by atoms with Crippen LogP contribution in [0.1, 0.15) is 5.56 Å². The Morgan fingerprint density at radius 2 is 1.81 bits per heavy atom. The Kier molecular flexibility index (Phi) is 3.70. The molecule has 0 saturated heterocycles. The van der Waals surface area contributed by atoms with Gasteiger partial charge in [-0.05, 0) is 12.1 Å². The number of amides is 2. The minimum absolute atomic E-state index is 0. The predicted molar refractivity (Wildman–Crippen MR) is 62.6 cm³/mol. The lowest BCUT2D eigenvalue weighted by atomic mass is 10.1. The van der Waals surface area contributed by atoms with E-state index in [0.29, 0.717) is 15.6 Å². The van der Waals surface area contributed by atoms with Crippen molar-refractivity contribution in [2.24, 2.45) is 0 Å². The van der Waals surface area contributed by atoms with Gasteiger partial charge in [0.05, 0.1) is 10.6 Å². The van der Waals surface area contributed by atoms with Crippen molar-refractivity contribution in [2.45, 2.75) is 0 Å². The highest BCUT2D eigenvalue weighted by molar-refractivity contribution is 6.40. The van der Waals surface area contributed by atoms with Crippen LogP contribution in [0.25, 0.3) is 5.57 Å². The number of imide groups is 1. The van der Waals surface area contributed by atoms with Crippen LogP contribution < -0.4 is 11.5 Å². The quantitative estimate of drug-likeness (QED) is 0.758. The van der Waals surface area contributed by atoms with Crippen LogP contribution in [0.4, 0.5) is 0 Å². The van der Waals surface area contributed by atoms with Crippen LogP contribution in [0.3, 0.4) is 0 Å². The van der Waals surface area contributed by atoms with E-state index in [1.54, 1.807) is 12.1 Å². The second kappa shape index (κ2) is 4.65. The smallest absolute Gasteiger partial charge is 0.258 e. The normalized spacial score (nSPS) is 14.2. The molecular formula is C10H8Cl2N2O2. The van der Waals surface area contributed by atoms with E-state index in [0.717, 1.165) is 0 Å². The molecule has 0 spiro atoms. The molecule has 2 rings (SSSR count). The molecule has 0 saturated carbocycles. The lowest BCUT2D eigenvalue weighted by Gasteiger charge is -2.03. The lowest BCUT2D eigenvalue weighted by molar-refractivity contribution is -0.123. The SMILES string of the molecule is N.O=C1C=C(c2ccc(Cl)cc2Cl)C(=O)N1. The molecule has 0 atom stereocenters. The van der Waals surface area contributed by atoms with Crippen LogP contribution in [-0.4, -0.2) is 11.8 Å². The number of halogens is 2. The van der Waals surface area contributed by atoms with Crippen LogP contribution in [-0.2, 0) is 9.59 Å². The molecule has 1 aliphatic heterocycles.